The van der Waals surface area contributed by atoms with Crippen LogP contribution < -0.4 is 10.6 Å². The van der Waals surface area contributed by atoms with Crippen LogP contribution in [0.1, 0.15) is 34.1 Å². The molecule has 5 heteroatoms. The molecule has 0 aliphatic carbocycles. The van der Waals surface area contributed by atoms with E-state index < -0.39 is 5.60 Å². The summed E-state index contributed by atoms with van der Waals surface area (Å²) in [5.41, 5.74) is -0.445. The summed E-state index contributed by atoms with van der Waals surface area (Å²) in [7, 11) is 1.68. The molecule has 1 atom stereocenters. The van der Waals surface area contributed by atoms with Gasteiger partial charge in [-0.05, 0) is 27.2 Å². The maximum Gasteiger partial charge on any atom is 0.407 e. The lowest BCUT2D eigenvalue weighted by molar-refractivity contribution is 0.0527. The van der Waals surface area contributed by atoms with Crippen LogP contribution in [0.2, 0.25) is 0 Å². The predicted octanol–water partition coefficient (Wildman–Crippen LogP) is 1.53. The SMILES string of the molecule is CCC(COC)NCCNC(=O)OC(C)(C)C. The first kappa shape index (κ1) is 16.2. The van der Waals surface area contributed by atoms with Gasteiger partial charge in [-0.2, -0.15) is 0 Å². The lowest BCUT2D eigenvalue weighted by atomic mass is 10.2. The van der Waals surface area contributed by atoms with Crippen LogP contribution in [0.15, 0.2) is 0 Å². The summed E-state index contributed by atoms with van der Waals surface area (Å²) >= 11 is 0. The predicted molar refractivity (Wildman–Crippen MR) is 68.2 cm³/mol. The third-order valence-electron chi connectivity index (χ3n) is 2.09. The number of methoxy groups -OCH3 is 1. The van der Waals surface area contributed by atoms with Crippen LogP contribution in [0, 0.1) is 0 Å². The topological polar surface area (TPSA) is 59.6 Å². The van der Waals surface area contributed by atoms with Gasteiger partial charge in [0.25, 0.3) is 0 Å². The van der Waals surface area contributed by atoms with Gasteiger partial charge in [0.15, 0.2) is 0 Å². The van der Waals surface area contributed by atoms with Crippen molar-refractivity contribution < 1.29 is 14.3 Å². The Morgan fingerprint density at radius 3 is 2.41 bits per heavy atom. The molecule has 0 radical (unpaired) electrons. The molecule has 0 spiro atoms. The van der Waals surface area contributed by atoms with Gasteiger partial charge in [0, 0.05) is 26.2 Å². The molecule has 102 valence electrons. The molecule has 0 aromatic heterocycles. The van der Waals surface area contributed by atoms with Crippen molar-refractivity contribution in [2.75, 3.05) is 26.8 Å². The molecule has 0 saturated carbocycles. The van der Waals surface area contributed by atoms with E-state index in [2.05, 4.69) is 17.6 Å². The Kier molecular flexibility index (Phi) is 7.91. The van der Waals surface area contributed by atoms with Gasteiger partial charge < -0.3 is 20.1 Å². The number of alkyl carbamates (subject to hydrolysis) is 1. The molecule has 0 aromatic carbocycles. The van der Waals surface area contributed by atoms with E-state index in [0.29, 0.717) is 25.7 Å². The van der Waals surface area contributed by atoms with Crippen LogP contribution in [0.25, 0.3) is 0 Å². The van der Waals surface area contributed by atoms with E-state index in [-0.39, 0.29) is 6.09 Å². The number of hydrogen-bond donors (Lipinski definition) is 2. The third kappa shape index (κ3) is 10.1. The smallest absolute Gasteiger partial charge is 0.407 e. The zero-order valence-electron chi connectivity index (χ0n) is 11.6. The quantitative estimate of drug-likeness (QED) is 0.669. The Hall–Kier alpha value is -0.810. The minimum absolute atomic E-state index is 0.334. The lowest BCUT2D eigenvalue weighted by Crippen LogP contribution is -2.40. The monoisotopic (exact) mass is 246 g/mol. The van der Waals surface area contributed by atoms with E-state index >= 15 is 0 Å². The Bertz CT molecular complexity index is 214. The Morgan fingerprint density at radius 2 is 1.94 bits per heavy atom. The van der Waals surface area contributed by atoms with Gasteiger partial charge in [0.05, 0.1) is 6.61 Å². The van der Waals surface area contributed by atoms with Crippen LogP contribution in [0.5, 0.6) is 0 Å². The number of amides is 1. The molecule has 0 aromatic rings. The molecule has 1 unspecified atom stereocenters. The van der Waals surface area contributed by atoms with Gasteiger partial charge in [0.2, 0.25) is 0 Å². The van der Waals surface area contributed by atoms with Crippen LogP contribution in [-0.4, -0.2) is 44.5 Å². The first-order chi connectivity index (χ1) is 7.89. The van der Waals surface area contributed by atoms with Crippen molar-refractivity contribution in [3.63, 3.8) is 0 Å². The van der Waals surface area contributed by atoms with Gasteiger partial charge in [-0.1, -0.05) is 6.92 Å². The zero-order chi connectivity index (χ0) is 13.3. The second-order valence-corrected chi connectivity index (χ2v) is 4.94. The first-order valence-electron chi connectivity index (χ1n) is 6.08. The average molecular weight is 246 g/mol. The lowest BCUT2D eigenvalue weighted by Gasteiger charge is -2.20. The highest BCUT2D eigenvalue weighted by Crippen LogP contribution is 2.05. The molecule has 0 aliphatic heterocycles. The van der Waals surface area contributed by atoms with Crippen molar-refractivity contribution in [3.05, 3.63) is 0 Å². The molecule has 5 nitrogen and oxygen atoms in total. The third-order valence-corrected chi connectivity index (χ3v) is 2.09. The van der Waals surface area contributed by atoms with Crippen LogP contribution in [0.3, 0.4) is 0 Å². The van der Waals surface area contributed by atoms with E-state index in [1.165, 1.54) is 0 Å². The summed E-state index contributed by atoms with van der Waals surface area (Å²) < 4.78 is 10.2. The zero-order valence-corrected chi connectivity index (χ0v) is 11.6. The van der Waals surface area contributed by atoms with E-state index in [4.69, 9.17) is 9.47 Å². The van der Waals surface area contributed by atoms with E-state index in [1.807, 2.05) is 20.8 Å². The number of hydrogen-bond acceptors (Lipinski definition) is 4. The van der Waals surface area contributed by atoms with E-state index in [0.717, 1.165) is 6.42 Å². The maximum atomic E-state index is 11.3. The number of carbonyl (C=O) groups excluding carboxylic acids is 1. The van der Waals surface area contributed by atoms with Crippen LogP contribution in [0.4, 0.5) is 4.79 Å². The molecular formula is C12H26N2O3. The summed E-state index contributed by atoms with van der Waals surface area (Å²) in [5, 5.41) is 5.99. The molecule has 0 aliphatic rings. The van der Waals surface area contributed by atoms with Gasteiger partial charge in [-0.3, -0.25) is 0 Å². The van der Waals surface area contributed by atoms with Crippen molar-refractivity contribution in [1.82, 2.24) is 10.6 Å². The Balaban J connectivity index is 3.60. The molecule has 0 bridgehead atoms. The highest BCUT2D eigenvalue weighted by molar-refractivity contribution is 5.67. The molecule has 0 saturated heterocycles. The number of carbonyl (C=O) groups is 1. The van der Waals surface area contributed by atoms with E-state index in [9.17, 15) is 4.79 Å². The van der Waals surface area contributed by atoms with Crippen LogP contribution in [-0.2, 0) is 9.47 Å². The van der Waals surface area contributed by atoms with Gasteiger partial charge >= 0.3 is 6.09 Å². The minimum atomic E-state index is -0.445. The van der Waals surface area contributed by atoms with Crippen molar-refractivity contribution in [2.24, 2.45) is 0 Å². The largest absolute Gasteiger partial charge is 0.444 e. The van der Waals surface area contributed by atoms with Crippen molar-refractivity contribution in [3.8, 4) is 0 Å². The van der Waals surface area contributed by atoms with Crippen LogP contribution >= 0.6 is 0 Å². The molecule has 0 fully saturated rings. The van der Waals surface area contributed by atoms with Gasteiger partial charge in [-0.25, -0.2) is 4.79 Å². The number of nitrogens with one attached hydrogen (secondary N) is 2. The fourth-order valence-electron chi connectivity index (χ4n) is 1.28. The number of ether oxygens (including phenoxy) is 2. The Morgan fingerprint density at radius 1 is 1.29 bits per heavy atom. The van der Waals surface area contributed by atoms with Gasteiger partial charge in [0.1, 0.15) is 5.60 Å². The molecule has 0 rings (SSSR count). The standard InChI is InChI=1S/C12H26N2O3/c1-6-10(9-16-5)13-7-8-14-11(15)17-12(2,3)4/h10,13H,6-9H2,1-5H3,(H,14,15). The molecular weight excluding hydrogens is 220 g/mol. The average Bonchev–Trinajstić information content (AvgIpc) is 2.20. The van der Waals surface area contributed by atoms with Gasteiger partial charge in [-0.15, -0.1) is 0 Å². The highest BCUT2D eigenvalue weighted by atomic mass is 16.6. The van der Waals surface area contributed by atoms with Crippen molar-refractivity contribution in [2.45, 2.75) is 45.8 Å². The summed E-state index contributed by atoms with van der Waals surface area (Å²) in [6.45, 7) is 9.57. The highest BCUT2D eigenvalue weighted by Gasteiger charge is 2.15. The maximum absolute atomic E-state index is 11.3. The number of rotatable bonds is 7. The molecule has 0 heterocycles. The second-order valence-electron chi connectivity index (χ2n) is 4.94. The van der Waals surface area contributed by atoms with Crippen molar-refractivity contribution >= 4 is 6.09 Å². The summed E-state index contributed by atoms with van der Waals surface area (Å²) in [5.74, 6) is 0. The van der Waals surface area contributed by atoms with Crippen molar-refractivity contribution in [1.29, 1.82) is 0 Å². The van der Waals surface area contributed by atoms with E-state index in [1.54, 1.807) is 7.11 Å². The molecule has 2 N–H and O–H groups in total. The minimum Gasteiger partial charge on any atom is -0.444 e. The Labute approximate surface area is 104 Å². The summed E-state index contributed by atoms with van der Waals surface area (Å²) in [6, 6.07) is 0.334. The first-order valence-corrected chi connectivity index (χ1v) is 6.08. The molecule has 17 heavy (non-hydrogen) atoms. The second kappa shape index (κ2) is 8.31. The molecule has 1 amide bonds. The fraction of sp³-hybridized carbons (Fsp3) is 0.917. The summed E-state index contributed by atoms with van der Waals surface area (Å²) in [4.78, 5) is 11.3. The fourth-order valence-corrected chi connectivity index (χ4v) is 1.28. The normalized spacial score (nSPS) is 13.2. The summed E-state index contributed by atoms with van der Waals surface area (Å²) in [6.07, 6.45) is 0.624.